The number of likely N-dealkylation sites (tertiary alicyclic amines) is 1. The molecule has 0 aliphatic carbocycles. The second-order valence-corrected chi connectivity index (χ2v) is 12.4. The number of carbonyl (C=O) groups is 2. The summed E-state index contributed by atoms with van der Waals surface area (Å²) < 4.78 is 23.3. The maximum Gasteiger partial charge on any atom is 0.251 e. The van der Waals surface area contributed by atoms with Crippen molar-refractivity contribution >= 4 is 45.7 Å². The van der Waals surface area contributed by atoms with Crippen LogP contribution < -0.4 is 14.5 Å². The van der Waals surface area contributed by atoms with E-state index in [-0.39, 0.29) is 64.3 Å². The summed E-state index contributed by atoms with van der Waals surface area (Å²) in [6.07, 6.45) is 2.83. The number of ether oxygens (including phenoxy) is 1. The Kier molecular flexibility index (Phi) is 6.55. The number of aryl methyl sites for hydroxylation is 1. The lowest BCUT2D eigenvalue weighted by molar-refractivity contribution is -0.131. The second-order valence-electron chi connectivity index (χ2n) is 12.0. The van der Waals surface area contributed by atoms with Crippen molar-refractivity contribution in [3.05, 3.63) is 53.3 Å². The Morgan fingerprint density at radius 3 is 2.72 bits per heavy atom. The molecule has 43 heavy (non-hydrogen) atoms. The van der Waals surface area contributed by atoms with Crippen molar-refractivity contribution in [1.82, 2.24) is 14.8 Å². The lowest BCUT2D eigenvalue weighted by Crippen LogP contribution is -2.67. The van der Waals surface area contributed by atoms with Crippen LogP contribution in [-0.2, 0) is 9.59 Å². The van der Waals surface area contributed by atoms with E-state index in [2.05, 4.69) is 11.5 Å². The largest absolute Gasteiger partial charge is 0.507 e. The first kappa shape index (κ1) is 27.9. The van der Waals surface area contributed by atoms with Gasteiger partial charge in [0.15, 0.2) is 5.82 Å². The van der Waals surface area contributed by atoms with Gasteiger partial charge in [-0.2, -0.15) is 0 Å². The molecule has 1 aromatic heterocycles. The predicted octanol–water partition coefficient (Wildman–Crippen LogP) is 4.50. The van der Waals surface area contributed by atoms with Crippen LogP contribution in [0, 0.1) is 12.7 Å². The number of phenols is 1. The van der Waals surface area contributed by atoms with E-state index in [1.54, 1.807) is 34.9 Å². The summed E-state index contributed by atoms with van der Waals surface area (Å²) in [6.45, 7) is 9.09. The molecule has 3 aromatic rings. The molecular weight excluding hydrogens is 573 g/mol. The van der Waals surface area contributed by atoms with Gasteiger partial charge in [-0.1, -0.05) is 30.3 Å². The van der Waals surface area contributed by atoms with Crippen LogP contribution >= 0.6 is 11.6 Å². The fourth-order valence-electron chi connectivity index (χ4n) is 7.40. The minimum absolute atomic E-state index is 0.0431. The molecule has 2 amide bonds. The number of likely N-dealkylation sites (N-methyl/N-ethyl adjacent to an activating group) is 1. The number of carbonyl (C=O) groups excluding carboxylic acids is 2. The Balaban J connectivity index is 1.48. The molecule has 1 N–H and O–H groups in total. The Morgan fingerprint density at radius 1 is 1.23 bits per heavy atom. The average molecular weight is 606 g/mol. The van der Waals surface area contributed by atoms with Crippen LogP contribution in [0.25, 0.3) is 22.0 Å². The molecule has 4 atom stereocenters. The average Bonchev–Trinajstić information content (AvgIpc) is 3.41. The number of halogens is 2. The monoisotopic (exact) mass is 605 g/mol. The molecule has 224 valence electrons. The molecular formula is C32H33ClFN5O4. The van der Waals surface area contributed by atoms with Crippen LogP contribution in [0.3, 0.4) is 0 Å². The highest BCUT2D eigenvalue weighted by atomic mass is 35.5. The minimum atomic E-state index is -0.687. The third kappa shape index (κ3) is 4.10. The van der Waals surface area contributed by atoms with Gasteiger partial charge in [0.1, 0.15) is 29.1 Å². The lowest BCUT2D eigenvalue weighted by atomic mass is 9.93. The lowest BCUT2D eigenvalue weighted by Gasteiger charge is -2.52. The van der Waals surface area contributed by atoms with Crippen molar-refractivity contribution in [1.29, 1.82) is 0 Å². The number of piperazine rings is 1. The number of rotatable bonds is 3. The van der Waals surface area contributed by atoms with Crippen molar-refractivity contribution in [3.8, 4) is 22.8 Å². The number of aromatic nitrogens is 1. The molecule has 0 radical (unpaired) electrons. The van der Waals surface area contributed by atoms with Gasteiger partial charge in [0.2, 0.25) is 11.8 Å². The quantitative estimate of drug-likeness (QED) is 0.440. The number of fused-ring (bicyclic) bond motifs is 4. The molecule has 9 nitrogen and oxygen atoms in total. The van der Waals surface area contributed by atoms with Crippen molar-refractivity contribution < 1.29 is 23.8 Å². The Labute approximate surface area is 254 Å². The highest BCUT2D eigenvalue weighted by Crippen LogP contribution is 2.52. The molecule has 4 aliphatic heterocycles. The van der Waals surface area contributed by atoms with E-state index in [9.17, 15) is 14.7 Å². The molecule has 0 spiro atoms. The number of nitrogens with zero attached hydrogens (tertiary/aromatic N) is 5. The van der Waals surface area contributed by atoms with Crippen LogP contribution in [0.4, 0.5) is 15.8 Å². The van der Waals surface area contributed by atoms with E-state index < -0.39 is 11.9 Å². The number of hydrogen-bond donors (Lipinski definition) is 1. The van der Waals surface area contributed by atoms with Crippen molar-refractivity contribution in [3.63, 3.8) is 0 Å². The first-order chi connectivity index (χ1) is 20.6. The Bertz CT molecular complexity index is 1690. The maximum atomic E-state index is 16.7. The maximum absolute atomic E-state index is 16.7. The van der Waals surface area contributed by atoms with Crippen LogP contribution in [0.2, 0.25) is 5.02 Å². The van der Waals surface area contributed by atoms with Crippen LogP contribution in [-0.4, -0.2) is 89.2 Å². The molecule has 2 fully saturated rings. The molecule has 0 saturated carbocycles. The van der Waals surface area contributed by atoms with Crippen molar-refractivity contribution in [2.24, 2.45) is 0 Å². The number of aromatic hydroxyl groups is 1. The molecule has 2 saturated heterocycles. The van der Waals surface area contributed by atoms with Gasteiger partial charge < -0.3 is 24.5 Å². The number of pyridine rings is 1. The summed E-state index contributed by atoms with van der Waals surface area (Å²) in [5.41, 5.74) is 2.17. The van der Waals surface area contributed by atoms with Gasteiger partial charge >= 0.3 is 0 Å². The van der Waals surface area contributed by atoms with E-state index in [1.165, 1.54) is 12.1 Å². The SMILES string of the molecule is C=CC(=O)N1C[C@@H]2C(=O)N3C[C@H]([C@@H]4CCCN4C)Oc4nc5c(F)c(-c6c(C)cccc6O)c(Cl)cc5c(c43)N2C[C@H]1C. The summed E-state index contributed by atoms with van der Waals surface area (Å²) in [4.78, 5) is 39.3. The van der Waals surface area contributed by atoms with Crippen LogP contribution in [0.15, 0.2) is 36.9 Å². The normalized spacial score (nSPS) is 25.0. The van der Waals surface area contributed by atoms with Gasteiger partial charge in [0.25, 0.3) is 5.91 Å². The zero-order chi connectivity index (χ0) is 30.3. The number of benzene rings is 2. The van der Waals surface area contributed by atoms with E-state index in [0.717, 1.165) is 19.4 Å². The topological polar surface area (TPSA) is 89.5 Å². The molecule has 0 unspecified atom stereocenters. The number of anilines is 2. The van der Waals surface area contributed by atoms with Crippen molar-refractivity contribution in [2.45, 2.75) is 50.9 Å². The summed E-state index contributed by atoms with van der Waals surface area (Å²) in [5, 5.41) is 11.3. The molecule has 7 rings (SSSR count). The summed E-state index contributed by atoms with van der Waals surface area (Å²) in [5.74, 6) is -0.956. The van der Waals surface area contributed by atoms with E-state index in [1.807, 2.05) is 18.9 Å². The number of hydrogen-bond acceptors (Lipinski definition) is 7. The van der Waals surface area contributed by atoms with Gasteiger partial charge in [0.05, 0.1) is 23.8 Å². The van der Waals surface area contributed by atoms with E-state index >= 15 is 4.39 Å². The first-order valence-electron chi connectivity index (χ1n) is 14.6. The van der Waals surface area contributed by atoms with Crippen LogP contribution in [0.1, 0.15) is 25.3 Å². The summed E-state index contributed by atoms with van der Waals surface area (Å²) >= 11 is 6.82. The second kappa shape index (κ2) is 10.1. The Hall–Kier alpha value is -3.89. The van der Waals surface area contributed by atoms with Gasteiger partial charge in [-0.25, -0.2) is 9.37 Å². The van der Waals surface area contributed by atoms with Crippen LogP contribution in [0.5, 0.6) is 11.6 Å². The third-order valence-corrected chi connectivity index (χ3v) is 9.82. The smallest absolute Gasteiger partial charge is 0.251 e. The summed E-state index contributed by atoms with van der Waals surface area (Å²) in [7, 11) is 2.04. The Morgan fingerprint density at radius 2 is 2.02 bits per heavy atom. The van der Waals surface area contributed by atoms with Gasteiger partial charge in [-0.05, 0) is 64.1 Å². The highest BCUT2D eigenvalue weighted by Gasteiger charge is 2.50. The van der Waals surface area contributed by atoms with Gasteiger partial charge in [-0.15, -0.1) is 0 Å². The molecule has 2 aromatic carbocycles. The fourth-order valence-corrected chi connectivity index (χ4v) is 7.69. The van der Waals surface area contributed by atoms with Gasteiger partial charge in [0, 0.05) is 35.1 Å². The predicted molar refractivity (Wildman–Crippen MR) is 163 cm³/mol. The third-order valence-electron chi connectivity index (χ3n) is 9.52. The molecule has 5 heterocycles. The molecule has 0 bridgehead atoms. The number of phenolic OH excluding ortho intramolecular Hbond substituents is 1. The first-order valence-corrected chi connectivity index (χ1v) is 15.0. The minimum Gasteiger partial charge on any atom is -0.507 e. The van der Waals surface area contributed by atoms with E-state index in [4.69, 9.17) is 21.3 Å². The molecule has 4 aliphatic rings. The summed E-state index contributed by atoms with van der Waals surface area (Å²) in [6, 6.07) is 5.78. The fraction of sp³-hybridized carbons (Fsp3) is 0.406. The standard InChI is InChI=1S/C32H33ClFN5O4/c1-5-24(41)37-14-21-32(42)39-15-23(20-9-7-11-36(20)4)43-31-30(39)29(38(21)13-17(37)3)18-12-19(33)26(27(34)28(18)35-31)25-16(2)8-6-10-22(25)40/h5-6,8,10,12,17,20-21,23,40H,1,7,9,11,13-15H2,2-4H3/t17-,20+,21-,23-/m1/s1. The zero-order valence-electron chi connectivity index (χ0n) is 24.3. The molecule has 11 heteroatoms. The van der Waals surface area contributed by atoms with E-state index in [0.29, 0.717) is 41.0 Å². The van der Waals surface area contributed by atoms with Gasteiger partial charge in [-0.3, -0.25) is 14.5 Å². The zero-order valence-corrected chi connectivity index (χ0v) is 25.1. The number of amides is 2. The highest BCUT2D eigenvalue weighted by molar-refractivity contribution is 6.35. The van der Waals surface area contributed by atoms with Crippen molar-refractivity contribution in [2.75, 3.05) is 43.0 Å².